The summed E-state index contributed by atoms with van der Waals surface area (Å²) < 4.78 is 4.54. The first kappa shape index (κ1) is 8.27. The molecular formula is C8H12O3. The molecule has 1 fully saturated rings. The van der Waals surface area contributed by atoms with Crippen molar-refractivity contribution in [1.82, 2.24) is 0 Å². The SMILES string of the molecule is C=C1C(O)CCC1C(=O)OC. The fourth-order valence-corrected chi connectivity index (χ4v) is 1.34. The first-order chi connectivity index (χ1) is 5.16. The summed E-state index contributed by atoms with van der Waals surface area (Å²) >= 11 is 0. The van der Waals surface area contributed by atoms with Crippen molar-refractivity contribution in [2.75, 3.05) is 7.11 Å². The van der Waals surface area contributed by atoms with Gasteiger partial charge in [0.1, 0.15) is 0 Å². The molecule has 0 radical (unpaired) electrons. The monoisotopic (exact) mass is 156 g/mol. The van der Waals surface area contributed by atoms with Crippen LogP contribution in [-0.2, 0) is 9.53 Å². The Balaban J connectivity index is 2.62. The van der Waals surface area contributed by atoms with Gasteiger partial charge in [0.2, 0.25) is 0 Å². The summed E-state index contributed by atoms with van der Waals surface area (Å²) in [7, 11) is 1.35. The van der Waals surface area contributed by atoms with E-state index in [1.807, 2.05) is 0 Å². The van der Waals surface area contributed by atoms with Crippen LogP contribution in [0.15, 0.2) is 12.2 Å². The highest BCUT2D eigenvalue weighted by atomic mass is 16.5. The molecule has 0 heterocycles. The van der Waals surface area contributed by atoms with Crippen molar-refractivity contribution in [3.8, 4) is 0 Å². The van der Waals surface area contributed by atoms with Gasteiger partial charge in [-0.25, -0.2) is 0 Å². The van der Waals surface area contributed by atoms with Crippen LogP contribution in [-0.4, -0.2) is 24.3 Å². The second kappa shape index (κ2) is 3.05. The second-order valence-electron chi connectivity index (χ2n) is 2.74. The fourth-order valence-electron chi connectivity index (χ4n) is 1.34. The largest absolute Gasteiger partial charge is 0.469 e. The summed E-state index contributed by atoms with van der Waals surface area (Å²) in [5.41, 5.74) is 0.594. The number of aliphatic hydroxyl groups excluding tert-OH is 1. The highest BCUT2D eigenvalue weighted by Gasteiger charge is 2.32. The number of hydrogen-bond donors (Lipinski definition) is 1. The van der Waals surface area contributed by atoms with Gasteiger partial charge in [0, 0.05) is 0 Å². The first-order valence-corrected chi connectivity index (χ1v) is 3.61. The molecule has 1 saturated carbocycles. The van der Waals surface area contributed by atoms with E-state index in [1.54, 1.807) is 0 Å². The molecule has 1 rings (SSSR count). The highest BCUT2D eigenvalue weighted by Crippen LogP contribution is 2.30. The molecule has 1 N–H and O–H groups in total. The van der Waals surface area contributed by atoms with Crippen molar-refractivity contribution in [2.24, 2.45) is 5.92 Å². The third-order valence-corrected chi connectivity index (χ3v) is 2.09. The number of aliphatic hydroxyl groups is 1. The smallest absolute Gasteiger partial charge is 0.312 e. The van der Waals surface area contributed by atoms with Crippen LogP contribution in [0.3, 0.4) is 0 Å². The summed E-state index contributed by atoms with van der Waals surface area (Å²) in [5.74, 6) is -0.568. The maximum Gasteiger partial charge on any atom is 0.312 e. The van der Waals surface area contributed by atoms with Crippen LogP contribution in [0.2, 0.25) is 0 Å². The molecule has 3 nitrogen and oxygen atoms in total. The van der Waals surface area contributed by atoms with E-state index < -0.39 is 6.10 Å². The van der Waals surface area contributed by atoms with Crippen molar-refractivity contribution in [3.63, 3.8) is 0 Å². The standard InChI is InChI=1S/C8H12O3/c1-5-6(8(10)11-2)3-4-7(5)9/h6-7,9H,1,3-4H2,2H3. The molecule has 62 valence electrons. The number of ether oxygens (including phenoxy) is 1. The average Bonchev–Trinajstić information content (AvgIpc) is 2.32. The van der Waals surface area contributed by atoms with Crippen LogP contribution in [0.5, 0.6) is 0 Å². The number of carbonyl (C=O) groups excluding carboxylic acids is 1. The van der Waals surface area contributed by atoms with E-state index >= 15 is 0 Å². The normalized spacial score (nSPS) is 30.5. The number of rotatable bonds is 1. The Hall–Kier alpha value is -0.830. The molecular weight excluding hydrogens is 144 g/mol. The molecule has 0 spiro atoms. The van der Waals surface area contributed by atoms with Gasteiger partial charge in [-0.15, -0.1) is 0 Å². The lowest BCUT2D eigenvalue weighted by Gasteiger charge is -2.08. The van der Waals surface area contributed by atoms with E-state index in [4.69, 9.17) is 0 Å². The van der Waals surface area contributed by atoms with Crippen LogP contribution in [0.4, 0.5) is 0 Å². The zero-order chi connectivity index (χ0) is 8.43. The Bertz CT molecular complexity index is 186. The van der Waals surface area contributed by atoms with Crippen LogP contribution in [0, 0.1) is 5.92 Å². The Kier molecular flexibility index (Phi) is 2.29. The minimum atomic E-state index is -0.515. The number of hydrogen-bond acceptors (Lipinski definition) is 3. The minimum Gasteiger partial charge on any atom is -0.469 e. The fraction of sp³-hybridized carbons (Fsp3) is 0.625. The number of carbonyl (C=O) groups is 1. The van der Waals surface area contributed by atoms with Crippen molar-refractivity contribution in [2.45, 2.75) is 18.9 Å². The zero-order valence-corrected chi connectivity index (χ0v) is 6.54. The van der Waals surface area contributed by atoms with Gasteiger partial charge in [0.25, 0.3) is 0 Å². The first-order valence-electron chi connectivity index (χ1n) is 3.61. The van der Waals surface area contributed by atoms with Gasteiger partial charge in [0.05, 0.1) is 19.1 Å². The van der Waals surface area contributed by atoms with Crippen LogP contribution < -0.4 is 0 Å². The van der Waals surface area contributed by atoms with Crippen molar-refractivity contribution in [3.05, 3.63) is 12.2 Å². The van der Waals surface area contributed by atoms with Gasteiger partial charge in [-0.1, -0.05) is 6.58 Å². The van der Waals surface area contributed by atoms with Crippen LogP contribution >= 0.6 is 0 Å². The predicted octanol–water partition coefficient (Wildman–Crippen LogP) is 0.486. The van der Waals surface area contributed by atoms with Gasteiger partial charge < -0.3 is 9.84 Å². The summed E-state index contributed by atoms with van der Waals surface area (Å²) in [6.07, 6.45) is 0.768. The Morgan fingerprint density at radius 1 is 1.73 bits per heavy atom. The number of methoxy groups -OCH3 is 1. The maximum absolute atomic E-state index is 11.0. The molecule has 0 aromatic rings. The van der Waals surface area contributed by atoms with Gasteiger partial charge in [-0.05, 0) is 18.4 Å². The van der Waals surface area contributed by atoms with E-state index in [2.05, 4.69) is 11.3 Å². The van der Waals surface area contributed by atoms with Crippen molar-refractivity contribution in [1.29, 1.82) is 0 Å². The van der Waals surface area contributed by atoms with Gasteiger partial charge in [-0.2, -0.15) is 0 Å². The molecule has 11 heavy (non-hydrogen) atoms. The Morgan fingerprint density at radius 3 is 2.73 bits per heavy atom. The topological polar surface area (TPSA) is 46.5 Å². The van der Waals surface area contributed by atoms with Crippen molar-refractivity contribution < 1.29 is 14.6 Å². The summed E-state index contributed by atoms with van der Waals surface area (Å²) in [6, 6.07) is 0. The summed E-state index contributed by atoms with van der Waals surface area (Å²) in [6.45, 7) is 3.63. The highest BCUT2D eigenvalue weighted by molar-refractivity contribution is 5.76. The lowest BCUT2D eigenvalue weighted by molar-refractivity contribution is -0.143. The summed E-state index contributed by atoms with van der Waals surface area (Å²) in [5, 5.41) is 9.21. The van der Waals surface area contributed by atoms with E-state index in [-0.39, 0.29) is 11.9 Å². The van der Waals surface area contributed by atoms with E-state index in [0.717, 1.165) is 0 Å². The van der Waals surface area contributed by atoms with Crippen LogP contribution in [0.25, 0.3) is 0 Å². The average molecular weight is 156 g/mol. The molecule has 0 saturated heterocycles. The maximum atomic E-state index is 11.0. The van der Waals surface area contributed by atoms with Crippen LogP contribution in [0.1, 0.15) is 12.8 Å². The lowest BCUT2D eigenvalue weighted by Crippen LogP contribution is -2.16. The van der Waals surface area contributed by atoms with Gasteiger partial charge in [-0.3, -0.25) is 4.79 Å². The van der Waals surface area contributed by atoms with Gasteiger partial charge >= 0.3 is 5.97 Å². The molecule has 1 aliphatic rings. The van der Waals surface area contributed by atoms with E-state index in [1.165, 1.54) is 7.11 Å². The molecule has 0 aliphatic heterocycles. The number of esters is 1. The zero-order valence-electron chi connectivity index (χ0n) is 6.54. The van der Waals surface area contributed by atoms with E-state index in [0.29, 0.717) is 18.4 Å². The molecule has 2 atom stereocenters. The minimum absolute atomic E-state index is 0.282. The molecule has 1 aliphatic carbocycles. The quantitative estimate of drug-likeness (QED) is 0.444. The Morgan fingerprint density at radius 2 is 2.36 bits per heavy atom. The molecule has 0 bridgehead atoms. The lowest BCUT2D eigenvalue weighted by atomic mass is 10.0. The predicted molar refractivity (Wildman–Crippen MR) is 39.9 cm³/mol. The molecule has 0 amide bonds. The third kappa shape index (κ3) is 1.43. The molecule has 0 aromatic carbocycles. The third-order valence-electron chi connectivity index (χ3n) is 2.09. The molecule has 3 heteroatoms. The Labute approximate surface area is 65.7 Å². The van der Waals surface area contributed by atoms with Gasteiger partial charge in [0.15, 0.2) is 0 Å². The molecule has 2 unspecified atom stereocenters. The summed E-state index contributed by atoms with van der Waals surface area (Å²) in [4.78, 5) is 11.0. The second-order valence-corrected chi connectivity index (χ2v) is 2.74. The van der Waals surface area contributed by atoms with E-state index in [9.17, 15) is 9.90 Å². The van der Waals surface area contributed by atoms with Crippen molar-refractivity contribution >= 4 is 5.97 Å². The molecule has 0 aromatic heterocycles.